The molecular formula is C21H23ClN2O4S. The minimum Gasteiger partial charge on any atom is -0.454 e. The number of fused-ring (bicyclic) bond motifs is 3. The Kier molecular flexibility index (Phi) is 4.94. The lowest BCUT2D eigenvalue weighted by Gasteiger charge is -2.39. The number of sulfonamides is 1. The van der Waals surface area contributed by atoms with Gasteiger partial charge in [-0.25, -0.2) is 13.1 Å². The van der Waals surface area contributed by atoms with Gasteiger partial charge in [0.2, 0.25) is 16.8 Å². The highest BCUT2D eigenvalue weighted by Gasteiger charge is 2.41. The van der Waals surface area contributed by atoms with Crippen molar-refractivity contribution in [2.45, 2.75) is 55.2 Å². The summed E-state index contributed by atoms with van der Waals surface area (Å²) in [6.07, 6.45) is 3.87. The molecule has 5 rings (SSSR count). The van der Waals surface area contributed by atoms with E-state index in [4.69, 9.17) is 21.1 Å². The Morgan fingerprint density at radius 2 is 1.69 bits per heavy atom. The number of piperidine rings is 1. The predicted molar refractivity (Wildman–Crippen MR) is 110 cm³/mol. The summed E-state index contributed by atoms with van der Waals surface area (Å²) in [4.78, 5) is 2.78. The van der Waals surface area contributed by atoms with Crippen LogP contribution in [0.5, 0.6) is 11.5 Å². The number of hydrogen-bond donors (Lipinski definition) is 1. The summed E-state index contributed by atoms with van der Waals surface area (Å²) in [5, 5.41) is 0.527. The first kappa shape index (κ1) is 19.2. The predicted octanol–water partition coefficient (Wildman–Crippen LogP) is 3.54. The third-order valence-electron chi connectivity index (χ3n) is 6.13. The van der Waals surface area contributed by atoms with Crippen molar-refractivity contribution in [2.75, 3.05) is 6.79 Å². The SMILES string of the molecule is O=S(=O)(NC1CC2CCC(C1)N2Cc1ccc2c(c1)OCO2)c1ccc(Cl)cc1. The maximum absolute atomic E-state index is 12.7. The molecule has 8 heteroatoms. The van der Waals surface area contributed by atoms with Crippen LogP contribution in [0.1, 0.15) is 31.2 Å². The molecule has 2 bridgehead atoms. The zero-order valence-electron chi connectivity index (χ0n) is 15.9. The fourth-order valence-electron chi connectivity index (χ4n) is 4.78. The molecule has 0 spiro atoms. The van der Waals surface area contributed by atoms with Gasteiger partial charge in [0.1, 0.15) is 0 Å². The van der Waals surface area contributed by atoms with Crippen molar-refractivity contribution in [3.05, 3.63) is 53.1 Å². The van der Waals surface area contributed by atoms with Crippen LogP contribution in [0.25, 0.3) is 0 Å². The number of benzene rings is 2. The fraction of sp³-hybridized carbons (Fsp3) is 0.429. The molecule has 2 aromatic carbocycles. The van der Waals surface area contributed by atoms with Crippen molar-refractivity contribution < 1.29 is 17.9 Å². The van der Waals surface area contributed by atoms with Crippen LogP contribution in [-0.4, -0.2) is 38.2 Å². The van der Waals surface area contributed by atoms with Gasteiger partial charge in [-0.05, 0) is 67.6 Å². The molecular weight excluding hydrogens is 412 g/mol. The second kappa shape index (κ2) is 7.47. The lowest BCUT2D eigenvalue weighted by molar-refractivity contribution is 0.115. The molecule has 2 aromatic rings. The first-order chi connectivity index (χ1) is 14.0. The summed E-state index contributed by atoms with van der Waals surface area (Å²) in [6, 6.07) is 13.1. The maximum atomic E-state index is 12.7. The Bertz CT molecular complexity index is 998. The monoisotopic (exact) mass is 434 g/mol. The number of halogens is 1. The second-order valence-electron chi connectivity index (χ2n) is 7.99. The van der Waals surface area contributed by atoms with Gasteiger partial charge in [-0.1, -0.05) is 17.7 Å². The lowest BCUT2D eigenvalue weighted by Crippen LogP contribution is -2.49. The van der Waals surface area contributed by atoms with E-state index in [-0.39, 0.29) is 17.7 Å². The van der Waals surface area contributed by atoms with E-state index in [1.807, 2.05) is 6.07 Å². The Morgan fingerprint density at radius 3 is 2.41 bits per heavy atom. The molecule has 0 saturated carbocycles. The summed E-state index contributed by atoms with van der Waals surface area (Å²) in [7, 11) is -3.54. The summed E-state index contributed by atoms with van der Waals surface area (Å²) in [5.74, 6) is 1.60. The molecule has 0 aromatic heterocycles. The van der Waals surface area contributed by atoms with Gasteiger partial charge in [0.05, 0.1) is 4.90 Å². The third kappa shape index (κ3) is 3.84. The van der Waals surface area contributed by atoms with Gasteiger partial charge in [0.15, 0.2) is 11.5 Å². The zero-order chi connectivity index (χ0) is 20.0. The molecule has 154 valence electrons. The average Bonchev–Trinajstić information content (AvgIpc) is 3.23. The van der Waals surface area contributed by atoms with Crippen molar-refractivity contribution in [3.8, 4) is 11.5 Å². The first-order valence-corrected chi connectivity index (χ1v) is 11.8. The molecule has 3 heterocycles. The van der Waals surface area contributed by atoms with Crippen LogP contribution in [-0.2, 0) is 16.6 Å². The largest absolute Gasteiger partial charge is 0.454 e. The molecule has 2 fully saturated rings. The number of ether oxygens (including phenoxy) is 2. The average molecular weight is 435 g/mol. The number of rotatable bonds is 5. The Hall–Kier alpha value is -1.80. The van der Waals surface area contributed by atoms with Crippen molar-refractivity contribution in [2.24, 2.45) is 0 Å². The quantitative estimate of drug-likeness (QED) is 0.779. The van der Waals surface area contributed by atoms with Gasteiger partial charge in [0.25, 0.3) is 0 Å². The van der Waals surface area contributed by atoms with E-state index < -0.39 is 10.0 Å². The molecule has 0 amide bonds. The van der Waals surface area contributed by atoms with E-state index in [0.29, 0.717) is 17.1 Å². The molecule has 0 radical (unpaired) electrons. The molecule has 2 atom stereocenters. The van der Waals surface area contributed by atoms with Gasteiger partial charge in [-0.2, -0.15) is 0 Å². The highest BCUT2D eigenvalue weighted by atomic mass is 35.5. The van der Waals surface area contributed by atoms with E-state index in [1.165, 1.54) is 5.56 Å². The van der Waals surface area contributed by atoms with Crippen LogP contribution in [0, 0.1) is 0 Å². The molecule has 3 aliphatic heterocycles. The fourth-order valence-corrected chi connectivity index (χ4v) is 6.17. The molecule has 29 heavy (non-hydrogen) atoms. The molecule has 2 unspecified atom stereocenters. The van der Waals surface area contributed by atoms with Crippen molar-refractivity contribution in [3.63, 3.8) is 0 Å². The van der Waals surface area contributed by atoms with Crippen LogP contribution in [0.3, 0.4) is 0 Å². The van der Waals surface area contributed by atoms with E-state index in [9.17, 15) is 8.42 Å². The smallest absolute Gasteiger partial charge is 0.240 e. The van der Waals surface area contributed by atoms with Crippen molar-refractivity contribution >= 4 is 21.6 Å². The normalized spacial score (nSPS) is 26.0. The van der Waals surface area contributed by atoms with Crippen LogP contribution in [0.2, 0.25) is 5.02 Å². The van der Waals surface area contributed by atoms with E-state index >= 15 is 0 Å². The maximum Gasteiger partial charge on any atom is 0.240 e. The zero-order valence-corrected chi connectivity index (χ0v) is 17.5. The number of nitrogens with zero attached hydrogens (tertiary/aromatic N) is 1. The van der Waals surface area contributed by atoms with E-state index in [1.54, 1.807) is 24.3 Å². The lowest BCUT2D eigenvalue weighted by atomic mass is 9.97. The number of hydrogen-bond acceptors (Lipinski definition) is 5. The Labute approximate surface area is 175 Å². The summed E-state index contributed by atoms with van der Waals surface area (Å²) >= 11 is 5.88. The first-order valence-electron chi connectivity index (χ1n) is 9.90. The minimum atomic E-state index is -3.54. The minimum absolute atomic E-state index is 0.0406. The van der Waals surface area contributed by atoms with Crippen LogP contribution in [0.4, 0.5) is 0 Å². The van der Waals surface area contributed by atoms with Crippen LogP contribution >= 0.6 is 11.6 Å². The summed E-state index contributed by atoms with van der Waals surface area (Å²) in [6.45, 7) is 1.13. The van der Waals surface area contributed by atoms with Gasteiger partial charge in [0, 0.05) is 29.7 Å². The van der Waals surface area contributed by atoms with Gasteiger partial charge >= 0.3 is 0 Å². The van der Waals surface area contributed by atoms with Crippen molar-refractivity contribution in [1.29, 1.82) is 0 Å². The molecule has 6 nitrogen and oxygen atoms in total. The Morgan fingerprint density at radius 1 is 1.00 bits per heavy atom. The molecule has 3 aliphatic rings. The third-order valence-corrected chi connectivity index (χ3v) is 7.92. The van der Waals surface area contributed by atoms with Gasteiger partial charge in [-0.15, -0.1) is 0 Å². The standard InChI is InChI=1S/C21H23ClN2O4S/c22-15-2-6-19(7-3-15)29(25,26)23-16-10-17-4-5-18(11-16)24(17)12-14-1-8-20-21(9-14)28-13-27-20/h1-3,6-9,16-18,23H,4-5,10-13H2. The van der Waals surface area contributed by atoms with Crippen LogP contribution < -0.4 is 14.2 Å². The second-order valence-corrected chi connectivity index (χ2v) is 10.1. The van der Waals surface area contributed by atoms with E-state index in [0.717, 1.165) is 43.7 Å². The van der Waals surface area contributed by atoms with E-state index in [2.05, 4.69) is 21.8 Å². The highest BCUT2D eigenvalue weighted by molar-refractivity contribution is 7.89. The summed E-state index contributed by atoms with van der Waals surface area (Å²) < 4.78 is 39.3. The van der Waals surface area contributed by atoms with Gasteiger partial charge < -0.3 is 9.47 Å². The highest BCUT2D eigenvalue weighted by Crippen LogP contribution is 2.39. The number of nitrogens with one attached hydrogen (secondary N) is 1. The molecule has 1 N–H and O–H groups in total. The topological polar surface area (TPSA) is 67.9 Å². The van der Waals surface area contributed by atoms with Gasteiger partial charge in [-0.3, -0.25) is 4.90 Å². The molecule has 2 saturated heterocycles. The summed E-state index contributed by atoms with van der Waals surface area (Å²) in [5.41, 5.74) is 1.20. The van der Waals surface area contributed by atoms with Crippen LogP contribution in [0.15, 0.2) is 47.4 Å². The van der Waals surface area contributed by atoms with Crippen molar-refractivity contribution in [1.82, 2.24) is 9.62 Å². The molecule has 0 aliphatic carbocycles. The Balaban J connectivity index is 1.26.